The second-order valence-corrected chi connectivity index (χ2v) is 10.7. The van der Waals surface area contributed by atoms with Crippen molar-refractivity contribution >= 4 is 28.7 Å². The summed E-state index contributed by atoms with van der Waals surface area (Å²) in [6.07, 6.45) is 1.63. The topological polar surface area (TPSA) is 124 Å². The number of pyridine rings is 1. The summed E-state index contributed by atoms with van der Waals surface area (Å²) in [5.74, 6) is -0.596. The number of aromatic nitrogens is 5. The van der Waals surface area contributed by atoms with Crippen molar-refractivity contribution in [2.75, 3.05) is 25.1 Å². The van der Waals surface area contributed by atoms with Gasteiger partial charge in [-0.25, -0.2) is 24.0 Å². The Hall–Kier alpha value is -4.25. The van der Waals surface area contributed by atoms with Crippen molar-refractivity contribution in [3.8, 4) is 11.5 Å². The van der Waals surface area contributed by atoms with E-state index in [1.165, 1.54) is 6.07 Å². The highest BCUT2D eigenvalue weighted by molar-refractivity contribution is 6.09. The zero-order chi connectivity index (χ0) is 26.7. The van der Waals surface area contributed by atoms with Gasteiger partial charge in [-0.2, -0.15) is 5.10 Å². The first-order valence-electron chi connectivity index (χ1n) is 12.3. The van der Waals surface area contributed by atoms with Crippen LogP contribution in [0.3, 0.4) is 0 Å². The zero-order valence-electron chi connectivity index (χ0n) is 21.2. The number of hydrogen-bond donors (Lipinski definition) is 2. The fourth-order valence-electron chi connectivity index (χ4n) is 4.79. The third kappa shape index (κ3) is 3.90. The normalized spacial score (nSPS) is 17.1. The Morgan fingerprint density at radius 2 is 1.95 bits per heavy atom. The number of benzene rings is 1. The Morgan fingerprint density at radius 1 is 1.16 bits per heavy atom. The Morgan fingerprint density at radius 3 is 2.68 bits per heavy atom. The summed E-state index contributed by atoms with van der Waals surface area (Å²) in [4.78, 5) is 40.0. The first-order chi connectivity index (χ1) is 18.2. The van der Waals surface area contributed by atoms with Crippen molar-refractivity contribution in [3.05, 3.63) is 65.2 Å². The molecule has 194 valence electrons. The number of anilines is 1. The molecule has 6 rings (SSSR count). The van der Waals surface area contributed by atoms with Crippen LogP contribution in [-0.4, -0.2) is 56.3 Å². The van der Waals surface area contributed by atoms with Crippen LogP contribution in [0, 0.1) is 11.2 Å². The van der Waals surface area contributed by atoms with E-state index in [1.807, 2.05) is 13.0 Å². The van der Waals surface area contributed by atoms with Gasteiger partial charge in [0.05, 0.1) is 30.6 Å². The Bertz CT molecular complexity index is 1610. The van der Waals surface area contributed by atoms with E-state index in [0.717, 1.165) is 0 Å². The van der Waals surface area contributed by atoms with Crippen LogP contribution in [0.5, 0.6) is 0 Å². The number of nitrogens with zero attached hydrogens (tertiary/aromatic N) is 5. The molecule has 0 radical (unpaired) electrons. The predicted octanol–water partition coefficient (Wildman–Crippen LogP) is 3.07. The second-order valence-electron chi connectivity index (χ2n) is 10.7. The van der Waals surface area contributed by atoms with Gasteiger partial charge in [0, 0.05) is 29.3 Å². The monoisotopic (exact) mass is 515 g/mol. The largest absolute Gasteiger partial charge is 0.380 e. The van der Waals surface area contributed by atoms with E-state index in [-0.39, 0.29) is 41.0 Å². The van der Waals surface area contributed by atoms with Gasteiger partial charge in [0.15, 0.2) is 11.5 Å². The van der Waals surface area contributed by atoms with E-state index in [1.54, 1.807) is 49.0 Å². The molecule has 11 heteroatoms. The molecule has 0 unspecified atom stereocenters. The zero-order valence-corrected chi connectivity index (χ0v) is 21.2. The van der Waals surface area contributed by atoms with Crippen molar-refractivity contribution in [3.63, 3.8) is 0 Å². The summed E-state index contributed by atoms with van der Waals surface area (Å²) in [6, 6.07) is 10.0. The number of halogens is 1. The molecule has 38 heavy (non-hydrogen) atoms. The summed E-state index contributed by atoms with van der Waals surface area (Å²) >= 11 is 0. The molecule has 10 nitrogen and oxygen atoms in total. The van der Waals surface area contributed by atoms with Crippen molar-refractivity contribution in [1.82, 2.24) is 30.0 Å². The number of rotatable bonds is 6. The van der Waals surface area contributed by atoms with E-state index in [9.17, 15) is 14.0 Å². The lowest BCUT2D eigenvalue weighted by molar-refractivity contribution is -0.119. The molecule has 1 saturated heterocycles. The molecule has 2 N–H and O–H groups in total. The van der Waals surface area contributed by atoms with Crippen LogP contribution in [0.25, 0.3) is 22.6 Å². The molecule has 2 amide bonds. The lowest BCUT2D eigenvalue weighted by Crippen LogP contribution is -2.49. The summed E-state index contributed by atoms with van der Waals surface area (Å²) in [5, 5.41) is 11.1. The van der Waals surface area contributed by atoms with Gasteiger partial charge < -0.3 is 15.4 Å². The fraction of sp³-hybridized carbons (Fsp3) is 0.333. The van der Waals surface area contributed by atoms with E-state index in [0.29, 0.717) is 47.6 Å². The lowest BCUT2D eigenvalue weighted by Gasteiger charge is -2.38. The number of hydrogen-bond acceptors (Lipinski definition) is 7. The lowest BCUT2D eigenvalue weighted by atomic mass is 9.85. The molecule has 5 heterocycles. The summed E-state index contributed by atoms with van der Waals surface area (Å²) in [7, 11) is 0. The van der Waals surface area contributed by atoms with E-state index < -0.39 is 11.3 Å². The minimum absolute atomic E-state index is 0.109. The van der Waals surface area contributed by atoms with E-state index in [4.69, 9.17) is 4.74 Å². The number of fused-ring (bicyclic) bond motifs is 2. The molecule has 2 aliphatic rings. The fourth-order valence-corrected chi connectivity index (χ4v) is 4.79. The average Bonchev–Trinajstić information content (AvgIpc) is 3.36. The third-order valence-electron chi connectivity index (χ3n) is 7.12. The van der Waals surface area contributed by atoms with Crippen LogP contribution in [0.15, 0.2) is 42.6 Å². The molecular weight excluding hydrogens is 489 g/mol. The van der Waals surface area contributed by atoms with Crippen LogP contribution in [0.1, 0.15) is 42.4 Å². The highest BCUT2D eigenvalue weighted by atomic mass is 19.1. The minimum Gasteiger partial charge on any atom is -0.380 e. The van der Waals surface area contributed by atoms with Crippen molar-refractivity contribution in [2.45, 2.75) is 32.7 Å². The van der Waals surface area contributed by atoms with Gasteiger partial charge in [0.25, 0.3) is 5.91 Å². The van der Waals surface area contributed by atoms with Crippen molar-refractivity contribution < 1.29 is 18.7 Å². The number of carbonyl (C=O) groups excluding carboxylic acids is 2. The molecule has 1 aromatic carbocycles. The van der Waals surface area contributed by atoms with Crippen molar-refractivity contribution in [1.29, 1.82) is 0 Å². The summed E-state index contributed by atoms with van der Waals surface area (Å²) in [5.41, 5.74) is 0.739. The van der Waals surface area contributed by atoms with Gasteiger partial charge >= 0.3 is 0 Å². The Labute approximate surface area is 217 Å². The van der Waals surface area contributed by atoms with Gasteiger partial charge in [-0.15, -0.1) is 0 Å². The number of ether oxygens (including phenoxy) is 1. The summed E-state index contributed by atoms with van der Waals surface area (Å²) < 4.78 is 21.3. The first-order valence-corrected chi connectivity index (χ1v) is 12.3. The van der Waals surface area contributed by atoms with Crippen LogP contribution < -0.4 is 10.6 Å². The summed E-state index contributed by atoms with van der Waals surface area (Å²) in [6.45, 7) is 7.17. The number of carbonyl (C=O) groups is 2. The SMILES string of the molecule is CC1(CNC(=O)c2nc(-c3nn(Cc4ccccc4F)c4ncccc34)nc3c2C(C)(C)C(=O)N3)COC1. The molecular formula is C27H26FN7O3. The third-order valence-corrected chi connectivity index (χ3v) is 7.12. The molecule has 0 bridgehead atoms. The minimum atomic E-state index is -1.00. The van der Waals surface area contributed by atoms with Crippen LogP contribution in [-0.2, 0) is 21.5 Å². The maximum Gasteiger partial charge on any atom is 0.270 e. The Balaban J connectivity index is 1.46. The van der Waals surface area contributed by atoms with E-state index in [2.05, 4.69) is 30.7 Å². The number of amides is 2. The van der Waals surface area contributed by atoms with Crippen molar-refractivity contribution in [2.24, 2.45) is 5.41 Å². The number of nitrogens with one attached hydrogen (secondary N) is 2. The average molecular weight is 516 g/mol. The van der Waals surface area contributed by atoms with Gasteiger partial charge in [0.2, 0.25) is 5.91 Å². The second kappa shape index (κ2) is 8.66. The maximum atomic E-state index is 14.4. The molecule has 3 aromatic heterocycles. The van der Waals surface area contributed by atoms with Crippen LogP contribution >= 0.6 is 0 Å². The van der Waals surface area contributed by atoms with Crippen LogP contribution in [0.4, 0.5) is 10.2 Å². The predicted molar refractivity (Wildman–Crippen MR) is 137 cm³/mol. The smallest absolute Gasteiger partial charge is 0.270 e. The molecule has 4 aromatic rings. The molecule has 0 aliphatic carbocycles. The highest BCUT2D eigenvalue weighted by Gasteiger charge is 2.44. The quantitative estimate of drug-likeness (QED) is 0.404. The Kier molecular flexibility index (Phi) is 5.49. The molecule has 0 atom stereocenters. The van der Waals surface area contributed by atoms with Gasteiger partial charge in [-0.1, -0.05) is 25.1 Å². The van der Waals surface area contributed by atoms with Crippen LogP contribution in [0.2, 0.25) is 0 Å². The van der Waals surface area contributed by atoms with Gasteiger partial charge in [0.1, 0.15) is 23.0 Å². The van der Waals surface area contributed by atoms with E-state index >= 15 is 0 Å². The molecule has 0 spiro atoms. The first kappa shape index (κ1) is 24.1. The maximum absolute atomic E-state index is 14.4. The van der Waals surface area contributed by atoms with Gasteiger partial charge in [-0.05, 0) is 32.0 Å². The highest BCUT2D eigenvalue weighted by Crippen LogP contribution is 2.40. The molecule has 1 fully saturated rings. The molecule has 0 saturated carbocycles. The molecule has 2 aliphatic heterocycles. The van der Waals surface area contributed by atoms with Gasteiger partial charge in [-0.3, -0.25) is 9.59 Å². The standard InChI is InChI=1S/C27H26FN7O3/c1-26(2)18-20(24(36)30-12-27(3)13-38-14-27)31-22(32-21(18)33-25(26)37)19-16-8-6-10-29-23(16)35(34-19)11-15-7-4-5-9-17(15)28/h4-10H,11-14H2,1-3H3,(H,30,36)(H,31,32,33,37).